The van der Waals surface area contributed by atoms with Crippen LogP contribution >= 0.6 is 0 Å². The minimum atomic E-state index is -0.176. The highest BCUT2D eigenvalue weighted by molar-refractivity contribution is 5.74. The molecule has 1 fully saturated rings. The lowest BCUT2D eigenvalue weighted by atomic mass is 9.93. The summed E-state index contributed by atoms with van der Waals surface area (Å²) < 4.78 is 5.76. The van der Waals surface area contributed by atoms with Crippen LogP contribution < -0.4 is 15.4 Å². The number of nitriles is 1. The first-order valence-corrected chi connectivity index (χ1v) is 7.26. The van der Waals surface area contributed by atoms with Crippen molar-refractivity contribution in [3.63, 3.8) is 0 Å². The average molecular weight is 301 g/mol. The second-order valence-corrected chi connectivity index (χ2v) is 5.06. The fourth-order valence-corrected chi connectivity index (χ4v) is 2.37. The molecule has 1 aliphatic carbocycles. The third-order valence-corrected chi connectivity index (χ3v) is 3.47. The van der Waals surface area contributed by atoms with Crippen molar-refractivity contribution in [3.05, 3.63) is 30.7 Å². The third-order valence-electron chi connectivity index (χ3n) is 3.47. The summed E-state index contributed by atoms with van der Waals surface area (Å²) in [7, 11) is 0. The quantitative estimate of drug-likeness (QED) is 0.803. The topological polar surface area (TPSA) is 99.9 Å². The molecule has 22 heavy (non-hydrogen) atoms. The van der Waals surface area contributed by atoms with E-state index in [9.17, 15) is 4.79 Å². The summed E-state index contributed by atoms with van der Waals surface area (Å²) in [6.45, 7) is 4.00. The second kappa shape index (κ2) is 7.98. The van der Waals surface area contributed by atoms with Crippen molar-refractivity contribution < 1.29 is 9.53 Å². The molecule has 0 aliphatic heterocycles. The van der Waals surface area contributed by atoms with Gasteiger partial charge in [0.05, 0.1) is 0 Å². The van der Waals surface area contributed by atoms with Gasteiger partial charge < -0.3 is 15.4 Å². The smallest absolute Gasteiger partial charge is 0.315 e. The fraction of sp³-hybridized carbons (Fsp3) is 0.467. The minimum Gasteiger partial charge on any atom is -0.472 e. The standard InChI is InChI=1S/C15H19N5O2/c1-2-7-19-15(21)20-11-3-5-12(6-4-11)22-14-13(10-16)17-8-9-18-14/h2,8-9,11-12H,1,3-7H2,(H2,19,20,21). The van der Waals surface area contributed by atoms with Crippen molar-refractivity contribution >= 4 is 6.03 Å². The van der Waals surface area contributed by atoms with Crippen molar-refractivity contribution in [3.8, 4) is 11.9 Å². The van der Waals surface area contributed by atoms with Crippen molar-refractivity contribution in [2.75, 3.05) is 6.54 Å². The number of urea groups is 1. The van der Waals surface area contributed by atoms with Gasteiger partial charge in [-0.05, 0) is 25.7 Å². The van der Waals surface area contributed by atoms with Gasteiger partial charge in [-0.2, -0.15) is 5.26 Å². The van der Waals surface area contributed by atoms with Crippen LogP contribution in [0.3, 0.4) is 0 Å². The maximum atomic E-state index is 11.6. The highest BCUT2D eigenvalue weighted by atomic mass is 16.5. The molecule has 0 aromatic carbocycles. The predicted octanol–water partition coefficient (Wildman–Crippen LogP) is 1.52. The predicted molar refractivity (Wildman–Crippen MR) is 80.2 cm³/mol. The van der Waals surface area contributed by atoms with Gasteiger partial charge >= 0.3 is 6.03 Å². The molecule has 0 bridgehead atoms. The number of amides is 2. The highest BCUT2D eigenvalue weighted by Gasteiger charge is 2.24. The fourth-order valence-electron chi connectivity index (χ4n) is 2.37. The Labute approximate surface area is 129 Å². The minimum absolute atomic E-state index is 0.00177. The van der Waals surface area contributed by atoms with Gasteiger partial charge in [-0.3, -0.25) is 0 Å². The summed E-state index contributed by atoms with van der Waals surface area (Å²) >= 11 is 0. The second-order valence-electron chi connectivity index (χ2n) is 5.06. The zero-order chi connectivity index (χ0) is 15.8. The number of rotatable bonds is 5. The van der Waals surface area contributed by atoms with Crippen molar-refractivity contribution in [1.82, 2.24) is 20.6 Å². The molecule has 1 aromatic rings. The number of hydrogen-bond acceptors (Lipinski definition) is 5. The van der Waals surface area contributed by atoms with Crippen LogP contribution in [-0.2, 0) is 0 Å². The molecule has 1 heterocycles. The first-order chi connectivity index (χ1) is 10.7. The van der Waals surface area contributed by atoms with Crippen LogP contribution in [0.25, 0.3) is 0 Å². The lowest BCUT2D eigenvalue weighted by molar-refractivity contribution is 0.134. The SMILES string of the molecule is C=CCNC(=O)NC1CCC(Oc2nccnc2C#N)CC1. The van der Waals surface area contributed by atoms with Gasteiger partial charge in [-0.1, -0.05) is 6.08 Å². The molecule has 1 aliphatic rings. The molecule has 116 valence electrons. The summed E-state index contributed by atoms with van der Waals surface area (Å²) in [5.41, 5.74) is 0.201. The van der Waals surface area contributed by atoms with Gasteiger partial charge in [0.1, 0.15) is 12.2 Å². The first kappa shape index (κ1) is 15.8. The molecule has 0 spiro atoms. The van der Waals surface area contributed by atoms with E-state index in [-0.39, 0.29) is 29.8 Å². The monoisotopic (exact) mass is 301 g/mol. The number of ether oxygens (including phenoxy) is 1. The Kier molecular flexibility index (Phi) is 5.72. The van der Waals surface area contributed by atoms with E-state index in [0.717, 1.165) is 25.7 Å². The van der Waals surface area contributed by atoms with Crippen LogP contribution in [0.2, 0.25) is 0 Å². The molecule has 7 nitrogen and oxygen atoms in total. The number of carbonyl (C=O) groups is 1. The lowest BCUT2D eigenvalue weighted by Crippen LogP contribution is -2.44. The van der Waals surface area contributed by atoms with Crippen LogP contribution in [0.4, 0.5) is 4.79 Å². The van der Waals surface area contributed by atoms with Crippen molar-refractivity contribution in [2.24, 2.45) is 0 Å². The number of carbonyl (C=O) groups excluding carboxylic acids is 1. The van der Waals surface area contributed by atoms with E-state index in [1.807, 2.05) is 6.07 Å². The van der Waals surface area contributed by atoms with E-state index >= 15 is 0 Å². The van der Waals surface area contributed by atoms with Gasteiger partial charge in [-0.15, -0.1) is 6.58 Å². The highest BCUT2D eigenvalue weighted by Crippen LogP contribution is 2.23. The molecule has 2 rings (SSSR count). The molecule has 7 heteroatoms. The van der Waals surface area contributed by atoms with Gasteiger partial charge in [0.15, 0.2) is 0 Å². The molecule has 2 amide bonds. The Balaban J connectivity index is 1.79. The number of nitrogens with zero attached hydrogens (tertiary/aromatic N) is 3. The van der Waals surface area contributed by atoms with E-state index in [1.54, 1.807) is 6.08 Å². The Bertz CT molecular complexity index is 561. The first-order valence-electron chi connectivity index (χ1n) is 7.26. The van der Waals surface area contributed by atoms with Crippen LogP contribution in [0.15, 0.2) is 25.0 Å². The summed E-state index contributed by atoms with van der Waals surface area (Å²) in [5, 5.41) is 14.6. The lowest BCUT2D eigenvalue weighted by Gasteiger charge is -2.29. The van der Waals surface area contributed by atoms with Crippen LogP contribution in [-0.4, -0.2) is 34.7 Å². The zero-order valence-electron chi connectivity index (χ0n) is 12.3. The van der Waals surface area contributed by atoms with E-state index in [2.05, 4.69) is 27.2 Å². The molecule has 0 saturated heterocycles. The molecule has 2 N–H and O–H groups in total. The van der Waals surface area contributed by atoms with E-state index in [4.69, 9.17) is 10.00 Å². The number of hydrogen-bond donors (Lipinski definition) is 2. The van der Waals surface area contributed by atoms with Gasteiger partial charge in [0, 0.05) is 25.0 Å². The van der Waals surface area contributed by atoms with E-state index < -0.39 is 0 Å². The molecule has 0 atom stereocenters. The molecule has 1 saturated carbocycles. The largest absolute Gasteiger partial charge is 0.472 e. The molecular weight excluding hydrogens is 282 g/mol. The Hall–Kier alpha value is -2.62. The summed E-state index contributed by atoms with van der Waals surface area (Å²) in [6.07, 6.45) is 7.86. The average Bonchev–Trinajstić information content (AvgIpc) is 2.55. The van der Waals surface area contributed by atoms with E-state index in [1.165, 1.54) is 12.4 Å². The Morgan fingerprint density at radius 2 is 2.14 bits per heavy atom. The van der Waals surface area contributed by atoms with Gasteiger partial charge in [0.25, 0.3) is 5.88 Å². The summed E-state index contributed by atoms with van der Waals surface area (Å²) in [4.78, 5) is 19.5. The summed E-state index contributed by atoms with van der Waals surface area (Å²) in [6, 6.07) is 1.93. The molecule has 1 aromatic heterocycles. The number of nitrogens with one attached hydrogen (secondary N) is 2. The van der Waals surface area contributed by atoms with Crippen molar-refractivity contribution in [1.29, 1.82) is 5.26 Å². The summed E-state index contributed by atoms with van der Waals surface area (Å²) in [5.74, 6) is 0.283. The zero-order valence-corrected chi connectivity index (χ0v) is 12.3. The maximum Gasteiger partial charge on any atom is 0.315 e. The van der Waals surface area contributed by atoms with Gasteiger partial charge in [0.2, 0.25) is 5.69 Å². The number of aromatic nitrogens is 2. The van der Waals surface area contributed by atoms with Crippen molar-refractivity contribution in [2.45, 2.75) is 37.8 Å². The van der Waals surface area contributed by atoms with Crippen LogP contribution in [0.5, 0.6) is 5.88 Å². The van der Waals surface area contributed by atoms with Crippen LogP contribution in [0, 0.1) is 11.3 Å². The Morgan fingerprint density at radius 3 is 2.82 bits per heavy atom. The molecule has 0 unspecified atom stereocenters. The molecule has 0 radical (unpaired) electrons. The third kappa shape index (κ3) is 4.45. The van der Waals surface area contributed by atoms with Crippen LogP contribution in [0.1, 0.15) is 31.4 Å². The Morgan fingerprint density at radius 1 is 1.41 bits per heavy atom. The molecular formula is C15H19N5O2. The normalized spacial score (nSPS) is 20.5. The maximum absolute atomic E-state index is 11.6. The van der Waals surface area contributed by atoms with Gasteiger partial charge in [-0.25, -0.2) is 14.8 Å². The van der Waals surface area contributed by atoms with E-state index in [0.29, 0.717) is 6.54 Å².